The third-order valence-electron chi connectivity index (χ3n) is 0.144. The maximum Gasteiger partial charge on any atom is 0.537 e. The molecule has 5 heteroatoms. The number of hydrogen-bond donors (Lipinski definition) is 0. The van der Waals surface area contributed by atoms with Gasteiger partial charge in [0.25, 0.3) is 0 Å². The molecule has 0 bridgehead atoms. The Balaban J connectivity index is 3.02. The molecule has 0 N–H and O–H groups in total. The van der Waals surface area contributed by atoms with E-state index in [-0.39, 0.29) is 0 Å². The molecule has 4 nitrogen and oxygen atoms in total. The van der Waals surface area contributed by atoms with E-state index in [0.717, 1.165) is 6.26 Å². The summed E-state index contributed by atoms with van der Waals surface area (Å²) in [7, 11) is 0. The van der Waals surface area contributed by atoms with E-state index >= 15 is 0 Å². The molecule has 0 aromatic carbocycles. The van der Waals surface area contributed by atoms with Crippen molar-refractivity contribution in [2.75, 3.05) is 0 Å². The lowest BCUT2D eigenvalue weighted by Gasteiger charge is -1.81. The minimum absolute atomic E-state index is 0.916. The third-order valence-corrected chi connectivity index (χ3v) is 0.144. The van der Waals surface area contributed by atoms with Gasteiger partial charge in [0.05, 0.1) is 0 Å². The van der Waals surface area contributed by atoms with Crippen LogP contribution in [0.4, 0.5) is 9.18 Å². The monoisotopic (exact) mass is 105 g/mol. The van der Waals surface area contributed by atoms with Gasteiger partial charge in [-0.1, -0.05) is 0 Å². The van der Waals surface area contributed by atoms with Gasteiger partial charge in [-0.15, -0.1) is 9.65 Å². The van der Waals surface area contributed by atoms with Crippen molar-refractivity contribution in [3.05, 3.63) is 0 Å². The Hall–Kier alpha value is -1.31. The number of carbonyl (C=O) groups excluding carboxylic acids is 1. The maximum absolute atomic E-state index is 10.8. The minimum Gasteiger partial charge on any atom is -0.207 e. The van der Waals surface area contributed by atoms with Crippen molar-refractivity contribution in [1.82, 2.24) is 0 Å². The molecule has 0 heterocycles. The van der Waals surface area contributed by atoms with E-state index < -0.39 is 6.22 Å². The molecule has 0 unspecified atom stereocenters. The molecule has 0 aliphatic heterocycles. The number of carbonyl (C=O) groups is 1. The van der Waals surface area contributed by atoms with Crippen molar-refractivity contribution >= 4 is 6.22 Å². The fourth-order valence-corrected chi connectivity index (χ4v) is 0.0514. The summed E-state index contributed by atoms with van der Waals surface area (Å²) in [6.07, 6.45) is -1.22. The maximum atomic E-state index is 10.8. The second-order valence-corrected chi connectivity index (χ2v) is 0.496. The van der Waals surface area contributed by atoms with E-state index in [4.69, 9.17) is 10.1 Å². The lowest BCUT2D eigenvalue weighted by molar-refractivity contribution is -0.184. The first-order chi connectivity index (χ1) is 3.27. The van der Waals surface area contributed by atoms with Crippen LogP contribution in [0.25, 0.3) is 0 Å². The molecule has 0 spiro atoms. The van der Waals surface area contributed by atoms with Crippen LogP contribution in [0.1, 0.15) is 0 Å². The van der Waals surface area contributed by atoms with Crippen LogP contribution in [0.15, 0.2) is 0 Å². The van der Waals surface area contributed by atoms with Crippen molar-refractivity contribution < 1.29 is 19.0 Å². The average molecular weight is 105 g/mol. The van der Waals surface area contributed by atoms with Crippen molar-refractivity contribution in [3.8, 4) is 6.26 Å². The Bertz CT molecular complexity index is 106. The lowest BCUT2D eigenvalue weighted by Crippen LogP contribution is -1.89. The van der Waals surface area contributed by atoms with E-state index in [1.54, 1.807) is 0 Å². The van der Waals surface area contributed by atoms with Gasteiger partial charge < -0.3 is 0 Å². The molecular formula is C2FNO3. The molecule has 38 valence electrons. The molecule has 0 amide bonds. The first kappa shape index (κ1) is 5.69. The van der Waals surface area contributed by atoms with Gasteiger partial charge >= 0.3 is 12.5 Å². The van der Waals surface area contributed by atoms with E-state index in [1.807, 2.05) is 0 Å². The molecule has 0 atom stereocenters. The summed E-state index contributed by atoms with van der Waals surface area (Å²) in [5.41, 5.74) is 0. The quantitative estimate of drug-likeness (QED) is 0.211. The topological polar surface area (TPSA) is 59.3 Å². The molecule has 0 saturated heterocycles. The Morgan fingerprint density at radius 2 is 2.43 bits per heavy atom. The predicted octanol–water partition coefficient (Wildman–Crippen LogP) is 0.505. The second-order valence-electron chi connectivity index (χ2n) is 0.496. The van der Waals surface area contributed by atoms with Gasteiger partial charge in [0.15, 0.2) is 0 Å². The minimum atomic E-state index is -2.14. The average Bonchev–Trinajstić information content (AvgIpc) is 1.61. The SMILES string of the molecule is N#COOC(=O)F. The van der Waals surface area contributed by atoms with Gasteiger partial charge in [0, 0.05) is 0 Å². The van der Waals surface area contributed by atoms with Crippen LogP contribution < -0.4 is 0 Å². The van der Waals surface area contributed by atoms with E-state index in [9.17, 15) is 4.39 Å². The van der Waals surface area contributed by atoms with Crippen LogP contribution in [-0.4, -0.2) is 6.22 Å². The van der Waals surface area contributed by atoms with Gasteiger partial charge in [0.1, 0.15) is 0 Å². The van der Waals surface area contributed by atoms with Crippen molar-refractivity contribution in [3.63, 3.8) is 0 Å². The zero-order valence-corrected chi connectivity index (χ0v) is 3.05. The van der Waals surface area contributed by atoms with E-state index in [2.05, 4.69) is 9.78 Å². The number of hydrogen-bond acceptors (Lipinski definition) is 4. The van der Waals surface area contributed by atoms with Crippen LogP contribution in [-0.2, 0) is 9.78 Å². The second kappa shape index (κ2) is 2.90. The molecule has 0 aliphatic carbocycles. The van der Waals surface area contributed by atoms with Gasteiger partial charge in [-0.2, -0.15) is 4.89 Å². The Kier molecular flexibility index (Phi) is 2.36. The first-order valence-electron chi connectivity index (χ1n) is 1.19. The number of halogens is 1. The first-order valence-corrected chi connectivity index (χ1v) is 1.19. The smallest absolute Gasteiger partial charge is 0.207 e. The summed E-state index contributed by atoms with van der Waals surface area (Å²) in [5, 5.41) is 7.40. The summed E-state index contributed by atoms with van der Waals surface area (Å²) in [6, 6.07) is 0. The number of rotatable bonds is 1. The third kappa shape index (κ3) is 4.69. The van der Waals surface area contributed by atoms with Crippen molar-refractivity contribution in [2.24, 2.45) is 0 Å². The van der Waals surface area contributed by atoms with E-state index in [1.165, 1.54) is 0 Å². The molecule has 0 aliphatic rings. The van der Waals surface area contributed by atoms with Gasteiger partial charge in [-0.05, 0) is 0 Å². The Morgan fingerprint density at radius 1 is 1.86 bits per heavy atom. The van der Waals surface area contributed by atoms with Gasteiger partial charge in [0.2, 0.25) is 0 Å². The van der Waals surface area contributed by atoms with Crippen LogP contribution in [0.3, 0.4) is 0 Å². The summed E-state index contributed by atoms with van der Waals surface area (Å²) >= 11 is 0. The number of nitriles is 1. The van der Waals surface area contributed by atoms with Crippen LogP contribution in [0.2, 0.25) is 0 Å². The number of nitrogens with zero attached hydrogens (tertiary/aromatic N) is 1. The highest BCUT2D eigenvalue weighted by Crippen LogP contribution is 1.79. The van der Waals surface area contributed by atoms with Gasteiger partial charge in [-0.3, -0.25) is 0 Å². The molecule has 0 aromatic heterocycles. The highest BCUT2D eigenvalue weighted by Gasteiger charge is 1.94. The predicted molar refractivity (Wildman–Crippen MR) is 14.3 cm³/mol. The fraction of sp³-hybridized carbons (Fsp3) is 0. The zero-order valence-electron chi connectivity index (χ0n) is 3.05. The largest absolute Gasteiger partial charge is 0.537 e. The highest BCUT2D eigenvalue weighted by atomic mass is 19.1. The standard InChI is InChI=1S/C2FNO3/c3-2(5)7-6-1-4. The summed E-state index contributed by atoms with van der Waals surface area (Å²) in [6.45, 7) is 0. The van der Waals surface area contributed by atoms with E-state index in [0.29, 0.717) is 0 Å². The van der Waals surface area contributed by atoms with Crippen molar-refractivity contribution in [1.29, 1.82) is 5.26 Å². The summed E-state index contributed by atoms with van der Waals surface area (Å²) < 4.78 is 10.8. The molecular weight excluding hydrogens is 105 g/mol. The molecule has 0 fully saturated rings. The van der Waals surface area contributed by atoms with Crippen LogP contribution in [0, 0.1) is 11.5 Å². The summed E-state index contributed by atoms with van der Waals surface area (Å²) in [5.74, 6) is 0. The molecule has 0 radical (unpaired) electrons. The van der Waals surface area contributed by atoms with Crippen LogP contribution in [0.5, 0.6) is 0 Å². The summed E-state index contributed by atoms with van der Waals surface area (Å²) in [4.78, 5) is 15.2. The molecule has 7 heavy (non-hydrogen) atoms. The zero-order chi connectivity index (χ0) is 5.70. The molecule has 0 rings (SSSR count). The Labute approximate surface area is 38.0 Å². The molecule has 0 aromatic rings. The fourth-order valence-electron chi connectivity index (χ4n) is 0.0514. The normalized spacial score (nSPS) is 6.29. The van der Waals surface area contributed by atoms with Crippen molar-refractivity contribution in [2.45, 2.75) is 0 Å². The molecule has 0 saturated carbocycles. The van der Waals surface area contributed by atoms with Gasteiger partial charge in [-0.25, -0.2) is 9.68 Å². The lowest BCUT2D eigenvalue weighted by atomic mass is 11.5. The van der Waals surface area contributed by atoms with Crippen LogP contribution >= 0.6 is 0 Å². The Morgan fingerprint density at radius 3 is 2.57 bits per heavy atom. The highest BCUT2D eigenvalue weighted by molar-refractivity contribution is 5.57.